The number of cyclic esters (lactones) is 2. The Bertz CT molecular complexity index is 1250. The van der Waals surface area contributed by atoms with Crippen molar-refractivity contribution in [2.45, 2.75) is 39.7 Å². The average Bonchev–Trinajstić information content (AvgIpc) is 3.49. The van der Waals surface area contributed by atoms with Gasteiger partial charge in [0, 0.05) is 36.0 Å². The number of ether oxygens (including phenoxy) is 2. The van der Waals surface area contributed by atoms with Gasteiger partial charge in [-0.05, 0) is 48.7 Å². The van der Waals surface area contributed by atoms with Crippen LogP contribution < -0.4 is 5.32 Å². The summed E-state index contributed by atoms with van der Waals surface area (Å²) in [6, 6.07) is 7.16. The molecule has 0 aliphatic carbocycles. The van der Waals surface area contributed by atoms with Gasteiger partial charge in [0.05, 0.1) is 29.1 Å². The van der Waals surface area contributed by atoms with Gasteiger partial charge in [-0.15, -0.1) is 0 Å². The number of aliphatic hydroxyl groups is 1. The van der Waals surface area contributed by atoms with Gasteiger partial charge in [0.2, 0.25) is 0 Å². The number of carbonyl (C=O) groups excluding carboxylic acids is 2. The van der Waals surface area contributed by atoms with E-state index in [1.807, 2.05) is 26.1 Å². The number of rotatable bonds is 6. The van der Waals surface area contributed by atoms with Gasteiger partial charge in [-0.25, -0.2) is 14.3 Å². The van der Waals surface area contributed by atoms with Crippen LogP contribution in [0.25, 0.3) is 5.69 Å². The van der Waals surface area contributed by atoms with Crippen LogP contribution in [0.5, 0.6) is 0 Å². The largest absolute Gasteiger partial charge is 0.457 e. The molecular weight excluding hydrogens is 410 g/mol. The van der Waals surface area contributed by atoms with Gasteiger partial charge in [-0.3, -0.25) is 0 Å². The first kappa shape index (κ1) is 20.4. The third-order valence-corrected chi connectivity index (χ3v) is 6.25. The normalized spacial score (nSPS) is 15.3. The van der Waals surface area contributed by atoms with Crippen LogP contribution in [0.15, 0.2) is 36.7 Å². The summed E-state index contributed by atoms with van der Waals surface area (Å²) < 4.78 is 12.0. The molecule has 2 N–H and O–H groups in total. The van der Waals surface area contributed by atoms with E-state index in [1.165, 1.54) is 0 Å². The van der Waals surface area contributed by atoms with Crippen LogP contribution >= 0.6 is 0 Å². The second-order valence-corrected chi connectivity index (χ2v) is 8.13. The van der Waals surface area contributed by atoms with Crippen molar-refractivity contribution in [1.29, 1.82) is 0 Å². The summed E-state index contributed by atoms with van der Waals surface area (Å²) in [5, 5.41) is 18.4. The maximum absolute atomic E-state index is 11.7. The smallest absolute Gasteiger partial charge is 0.338 e. The van der Waals surface area contributed by atoms with Gasteiger partial charge < -0.3 is 19.9 Å². The number of aromatic nitrogens is 2. The van der Waals surface area contributed by atoms with E-state index in [4.69, 9.17) is 9.47 Å². The first-order valence-corrected chi connectivity index (χ1v) is 10.5. The Hall–Kier alpha value is -3.49. The van der Waals surface area contributed by atoms with Gasteiger partial charge in [0.15, 0.2) is 0 Å². The van der Waals surface area contributed by atoms with Crippen molar-refractivity contribution >= 4 is 11.9 Å². The summed E-state index contributed by atoms with van der Waals surface area (Å²) >= 11 is 0. The fourth-order valence-electron chi connectivity index (χ4n) is 4.36. The molecule has 0 saturated carbocycles. The molecule has 3 heterocycles. The lowest BCUT2D eigenvalue weighted by molar-refractivity contribution is 0.0526. The van der Waals surface area contributed by atoms with E-state index in [2.05, 4.69) is 10.4 Å². The quantitative estimate of drug-likeness (QED) is 0.576. The molecule has 32 heavy (non-hydrogen) atoms. The maximum Gasteiger partial charge on any atom is 0.338 e. The van der Waals surface area contributed by atoms with Crippen LogP contribution in [0.2, 0.25) is 0 Å². The molecule has 8 heteroatoms. The number of benzene rings is 2. The molecule has 0 spiro atoms. The van der Waals surface area contributed by atoms with Crippen LogP contribution in [-0.4, -0.2) is 33.4 Å². The molecule has 2 aromatic carbocycles. The van der Waals surface area contributed by atoms with E-state index in [9.17, 15) is 14.7 Å². The first-order chi connectivity index (χ1) is 15.4. The maximum atomic E-state index is 11.7. The number of nitrogens with one attached hydrogen (secondary N) is 1. The molecular formula is C24H23N3O5. The lowest BCUT2D eigenvalue weighted by atomic mass is 9.95. The van der Waals surface area contributed by atoms with Gasteiger partial charge in [-0.1, -0.05) is 6.07 Å². The number of nitrogens with zero attached hydrogens (tertiary/aromatic N) is 2. The SMILES string of the molecule is Cc1c([C@@H](O)CNCc2cnn(-c3ccc4c(c3C)COC4=O)c2)ccc2c1COC2=O. The number of fused-ring (bicyclic) bond motifs is 2. The fraction of sp³-hybridized carbons (Fsp3) is 0.292. The van der Waals surface area contributed by atoms with Crippen LogP contribution in [0.4, 0.5) is 0 Å². The second-order valence-electron chi connectivity index (χ2n) is 8.13. The van der Waals surface area contributed by atoms with Crippen LogP contribution in [0, 0.1) is 13.8 Å². The topological polar surface area (TPSA) is 103 Å². The minimum Gasteiger partial charge on any atom is -0.457 e. The average molecular weight is 433 g/mol. The zero-order valence-corrected chi connectivity index (χ0v) is 17.8. The molecule has 0 amide bonds. The van der Waals surface area contributed by atoms with Crippen molar-refractivity contribution in [1.82, 2.24) is 15.1 Å². The van der Waals surface area contributed by atoms with Crippen molar-refractivity contribution in [3.05, 3.63) is 81.2 Å². The highest BCUT2D eigenvalue weighted by atomic mass is 16.5. The Morgan fingerprint density at radius 3 is 2.41 bits per heavy atom. The highest BCUT2D eigenvalue weighted by Crippen LogP contribution is 2.29. The summed E-state index contributed by atoms with van der Waals surface area (Å²) in [4.78, 5) is 23.4. The molecule has 2 aliphatic rings. The van der Waals surface area contributed by atoms with Crippen LogP contribution in [0.1, 0.15) is 60.2 Å². The molecule has 0 fully saturated rings. The zero-order valence-electron chi connectivity index (χ0n) is 17.8. The van der Waals surface area contributed by atoms with E-state index in [-0.39, 0.29) is 18.5 Å². The van der Waals surface area contributed by atoms with Crippen molar-refractivity contribution in [3.63, 3.8) is 0 Å². The second kappa shape index (κ2) is 7.89. The van der Waals surface area contributed by atoms with Crippen molar-refractivity contribution in [3.8, 4) is 5.69 Å². The molecule has 164 valence electrons. The number of hydrogen-bond donors (Lipinski definition) is 2. The Kier molecular flexibility index (Phi) is 5.03. The van der Waals surface area contributed by atoms with Gasteiger partial charge >= 0.3 is 11.9 Å². The summed E-state index contributed by atoms with van der Waals surface area (Å²) in [7, 11) is 0. The molecule has 1 aromatic heterocycles. The summed E-state index contributed by atoms with van der Waals surface area (Å²) in [6.07, 6.45) is 3.00. The van der Waals surface area contributed by atoms with Crippen molar-refractivity contribution < 1.29 is 24.2 Å². The molecule has 8 nitrogen and oxygen atoms in total. The molecule has 0 unspecified atom stereocenters. The summed E-state index contributed by atoms with van der Waals surface area (Å²) in [6.45, 7) is 5.31. The molecule has 0 bridgehead atoms. The minimum atomic E-state index is -0.706. The highest BCUT2D eigenvalue weighted by molar-refractivity contribution is 5.94. The number of hydrogen-bond acceptors (Lipinski definition) is 7. The number of carbonyl (C=O) groups is 2. The van der Waals surface area contributed by atoms with Gasteiger partial charge in [-0.2, -0.15) is 5.10 Å². The Morgan fingerprint density at radius 1 is 1.03 bits per heavy atom. The predicted octanol–water partition coefficient (Wildman–Crippen LogP) is 2.65. The van der Waals surface area contributed by atoms with Gasteiger partial charge in [0.1, 0.15) is 13.2 Å². The lowest BCUT2D eigenvalue weighted by Crippen LogP contribution is -2.21. The minimum absolute atomic E-state index is 0.259. The predicted molar refractivity (Wildman–Crippen MR) is 114 cm³/mol. The standard InChI is InChI=1S/C24H23N3O5/c1-13-16(3-4-17-19(13)11-31-23(17)29)22(28)9-25-7-15-8-26-27(10-15)21-6-5-18-20(14(21)2)12-32-24(18)30/h3-6,8,10,22,25,28H,7,9,11-12H2,1-2H3/t22-/m0/s1. The van der Waals surface area contributed by atoms with E-state index >= 15 is 0 Å². The van der Waals surface area contributed by atoms with Crippen LogP contribution in [-0.2, 0) is 29.2 Å². The molecule has 0 saturated heterocycles. The van der Waals surface area contributed by atoms with Crippen molar-refractivity contribution in [2.75, 3.05) is 6.54 Å². The van der Waals surface area contributed by atoms with Crippen molar-refractivity contribution in [2.24, 2.45) is 0 Å². The van der Waals surface area contributed by atoms with E-state index in [0.717, 1.165) is 39.1 Å². The van der Waals surface area contributed by atoms with E-state index in [1.54, 1.807) is 29.1 Å². The Balaban J connectivity index is 1.24. The van der Waals surface area contributed by atoms with Crippen LogP contribution in [0.3, 0.4) is 0 Å². The monoisotopic (exact) mass is 433 g/mol. The lowest BCUT2D eigenvalue weighted by Gasteiger charge is -2.16. The summed E-state index contributed by atoms with van der Waals surface area (Å²) in [5.41, 5.74) is 7.48. The Morgan fingerprint density at radius 2 is 1.69 bits per heavy atom. The molecule has 5 rings (SSSR count). The highest BCUT2D eigenvalue weighted by Gasteiger charge is 2.26. The third-order valence-electron chi connectivity index (χ3n) is 6.25. The molecule has 3 aromatic rings. The number of esters is 2. The molecule has 1 atom stereocenters. The number of aliphatic hydroxyl groups excluding tert-OH is 1. The molecule has 0 radical (unpaired) electrons. The first-order valence-electron chi connectivity index (χ1n) is 10.5. The zero-order chi connectivity index (χ0) is 22.4. The summed E-state index contributed by atoms with van der Waals surface area (Å²) in [5.74, 6) is -0.590. The van der Waals surface area contributed by atoms with E-state index < -0.39 is 6.10 Å². The molecule has 2 aliphatic heterocycles. The third kappa shape index (κ3) is 3.37. The van der Waals surface area contributed by atoms with E-state index in [0.29, 0.717) is 30.8 Å². The fourth-order valence-corrected chi connectivity index (χ4v) is 4.36. The van der Waals surface area contributed by atoms with Gasteiger partial charge in [0.25, 0.3) is 0 Å². The Labute approximate surface area is 184 Å².